The first-order chi connectivity index (χ1) is 18.1. The van der Waals surface area contributed by atoms with E-state index in [0.29, 0.717) is 12.8 Å². The molecule has 0 aromatic heterocycles. The Bertz CT molecular complexity index is 1050. The quantitative estimate of drug-likeness (QED) is 0.466. The van der Waals surface area contributed by atoms with Crippen molar-refractivity contribution in [1.82, 2.24) is 20.9 Å². The van der Waals surface area contributed by atoms with Gasteiger partial charge >= 0.3 is 12.1 Å². The van der Waals surface area contributed by atoms with Crippen LogP contribution in [0.1, 0.15) is 85.0 Å². The van der Waals surface area contributed by atoms with Gasteiger partial charge in [0.05, 0.1) is 6.07 Å². The van der Waals surface area contributed by atoms with E-state index in [2.05, 4.69) is 16.7 Å². The van der Waals surface area contributed by atoms with Crippen LogP contribution in [0, 0.1) is 28.1 Å². The van der Waals surface area contributed by atoms with Gasteiger partial charge in [-0.25, -0.2) is 0 Å². The third kappa shape index (κ3) is 6.33. The van der Waals surface area contributed by atoms with Gasteiger partial charge in [-0.15, -0.1) is 0 Å². The lowest BCUT2D eigenvalue weighted by Gasteiger charge is -2.37. The summed E-state index contributed by atoms with van der Waals surface area (Å²) in [4.78, 5) is 52.9. The molecule has 2 saturated heterocycles. The molecule has 4 atom stereocenters. The summed E-state index contributed by atoms with van der Waals surface area (Å²) in [5.41, 5.74) is -1.58. The molecule has 4 amide bonds. The van der Waals surface area contributed by atoms with Crippen LogP contribution in [0.25, 0.3) is 0 Å². The number of amides is 4. The van der Waals surface area contributed by atoms with Crippen LogP contribution in [0.5, 0.6) is 0 Å². The Labute approximate surface area is 226 Å². The molecule has 12 heteroatoms. The van der Waals surface area contributed by atoms with E-state index in [1.165, 1.54) is 4.90 Å². The number of hydrogen-bond donors (Lipinski definition) is 3. The number of rotatable bonds is 6. The SMILES string of the molecule is CC(C)(C)C(NC(=O)C(F)(F)F)C(=O)N1CC2(CCCCC2)CC1C(=O)NC(C#N)CC1CC2(CC2)NC1=O. The van der Waals surface area contributed by atoms with E-state index in [-0.39, 0.29) is 29.8 Å². The van der Waals surface area contributed by atoms with E-state index >= 15 is 0 Å². The fourth-order valence-corrected chi connectivity index (χ4v) is 6.56. The van der Waals surface area contributed by atoms with Crippen molar-refractivity contribution in [3.8, 4) is 6.07 Å². The summed E-state index contributed by atoms with van der Waals surface area (Å²) in [5, 5.41) is 17.3. The molecule has 2 aliphatic heterocycles. The first-order valence-electron chi connectivity index (χ1n) is 13.8. The first kappa shape index (κ1) is 29.2. The van der Waals surface area contributed by atoms with E-state index < -0.39 is 53.4 Å². The minimum atomic E-state index is -5.16. The highest BCUT2D eigenvalue weighted by molar-refractivity contribution is 5.94. The Morgan fingerprint density at radius 3 is 2.23 bits per heavy atom. The van der Waals surface area contributed by atoms with Gasteiger partial charge in [-0.3, -0.25) is 19.2 Å². The zero-order valence-corrected chi connectivity index (χ0v) is 22.7. The molecule has 2 saturated carbocycles. The van der Waals surface area contributed by atoms with Crippen LogP contribution in [-0.2, 0) is 19.2 Å². The number of carbonyl (C=O) groups excluding carboxylic acids is 4. The minimum absolute atomic E-state index is 0.130. The highest BCUT2D eigenvalue weighted by Crippen LogP contribution is 2.48. The molecule has 4 unspecified atom stereocenters. The minimum Gasteiger partial charge on any atom is -0.350 e. The van der Waals surface area contributed by atoms with Crippen molar-refractivity contribution in [2.75, 3.05) is 6.54 Å². The van der Waals surface area contributed by atoms with Crippen LogP contribution in [0.15, 0.2) is 0 Å². The maximum absolute atomic E-state index is 13.8. The second-order valence-electron chi connectivity index (χ2n) is 13.1. The molecule has 9 nitrogen and oxygen atoms in total. The average Bonchev–Trinajstić information content (AvgIpc) is 3.39. The molecule has 4 fully saturated rings. The van der Waals surface area contributed by atoms with Gasteiger partial charge < -0.3 is 20.9 Å². The van der Waals surface area contributed by atoms with Crippen LogP contribution in [-0.4, -0.2) is 64.9 Å². The van der Waals surface area contributed by atoms with Gasteiger partial charge in [0.25, 0.3) is 0 Å². The van der Waals surface area contributed by atoms with E-state index in [4.69, 9.17) is 0 Å². The third-order valence-corrected chi connectivity index (χ3v) is 8.90. The van der Waals surface area contributed by atoms with E-state index in [1.807, 2.05) is 5.32 Å². The zero-order valence-electron chi connectivity index (χ0n) is 22.7. The molecule has 0 bridgehead atoms. The van der Waals surface area contributed by atoms with E-state index in [9.17, 15) is 37.6 Å². The molecule has 4 aliphatic rings. The van der Waals surface area contributed by atoms with Gasteiger partial charge in [-0.2, -0.15) is 18.4 Å². The molecule has 4 rings (SSSR count). The average molecular weight is 554 g/mol. The number of nitriles is 1. The Kier molecular flexibility index (Phi) is 7.69. The molecule has 3 N–H and O–H groups in total. The van der Waals surface area contributed by atoms with Crippen LogP contribution >= 0.6 is 0 Å². The standard InChI is InChI=1S/C27H38F3N5O4/c1-24(2,3)19(33-23(39)27(28,29)30)22(38)35-15-25(7-5-4-6-8-25)13-18(35)21(37)32-17(14-31)11-16-12-26(9-10-26)34-20(16)36/h16-19H,4-13,15H2,1-3H3,(H,32,37)(H,33,39)(H,34,36). The Morgan fingerprint density at radius 1 is 1.08 bits per heavy atom. The van der Waals surface area contributed by atoms with Crippen molar-refractivity contribution in [2.24, 2.45) is 16.7 Å². The second kappa shape index (κ2) is 10.3. The predicted molar refractivity (Wildman–Crippen MR) is 133 cm³/mol. The summed E-state index contributed by atoms with van der Waals surface area (Å²) in [7, 11) is 0. The lowest BCUT2D eigenvalue weighted by Crippen LogP contribution is -2.59. The summed E-state index contributed by atoms with van der Waals surface area (Å²) < 4.78 is 39.3. The lowest BCUT2D eigenvalue weighted by molar-refractivity contribution is -0.176. The summed E-state index contributed by atoms with van der Waals surface area (Å²) >= 11 is 0. The van der Waals surface area contributed by atoms with Gasteiger partial charge in [-0.1, -0.05) is 40.0 Å². The van der Waals surface area contributed by atoms with Crippen molar-refractivity contribution in [2.45, 2.75) is 115 Å². The first-order valence-corrected chi connectivity index (χ1v) is 13.8. The largest absolute Gasteiger partial charge is 0.471 e. The molecule has 39 heavy (non-hydrogen) atoms. The Balaban J connectivity index is 1.53. The van der Waals surface area contributed by atoms with E-state index in [0.717, 1.165) is 44.9 Å². The normalized spacial score (nSPS) is 27.0. The summed E-state index contributed by atoms with van der Waals surface area (Å²) in [6.07, 6.45) is 2.16. The van der Waals surface area contributed by atoms with Gasteiger partial charge in [-0.05, 0) is 55.8 Å². The molecule has 216 valence electrons. The van der Waals surface area contributed by atoms with Crippen LogP contribution in [0.2, 0.25) is 0 Å². The molecule has 0 aromatic carbocycles. The number of alkyl halides is 3. The summed E-state index contributed by atoms with van der Waals surface area (Å²) in [5.74, 6) is -4.05. The molecule has 0 aromatic rings. The number of carbonyl (C=O) groups is 4. The number of halogens is 3. The molecular weight excluding hydrogens is 515 g/mol. The maximum atomic E-state index is 13.8. The molecule has 2 heterocycles. The molecule has 2 aliphatic carbocycles. The fourth-order valence-electron chi connectivity index (χ4n) is 6.56. The summed E-state index contributed by atoms with van der Waals surface area (Å²) in [6.45, 7) is 4.86. The highest BCUT2D eigenvalue weighted by Gasteiger charge is 2.54. The maximum Gasteiger partial charge on any atom is 0.471 e. The topological polar surface area (TPSA) is 131 Å². The fraction of sp³-hybridized carbons (Fsp3) is 0.815. The van der Waals surface area contributed by atoms with Crippen molar-refractivity contribution in [3.05, 3.63) is 0 Å². The third-order valence-electron chi connectivity index (χ3n) is 8.90. The number of likely N-dealkylation sites (tertiary alicyclic amines) is 1. The monoisotopic (exact) mass is 553 g/mol. The van der Waals surface area contributed by atoms with Crippen molar-refractivity contribution >= 4 is 23.6 Å². The Hall–Kier alpha value is -2.84. The Morgan fingerprint density at radius 2 is 1.72 bits per heavy atom. The highest BCUT2D eigenvalue weighted by atomic mass is 19.4. The van der Waals surface area contributed by atoms with Crippen LogP contribution in [0.3, 0.4) is 0 Å². The second-order valence-corrected chi connectivity index (χ2v) is 13.1. The zero-order chi connectivity index (χ0) is 28.8. The van der Waals surface area contributed by atoms with Gasteiger partial charge in [0.1, 0.15) is 18.1 Å². The predicted octanol–water partition coefficient (Wildman–Crippen LogP) is 2.70. The van der Waals surface area contributed by atoms with Crippen molar-refractivity contribution < 1.29 is 32.3 Å². The molecule has 2 spiro atoms. The van der Waals surface area contributed by atoms with Crippen molar-refractivity contribution in [1.29, 1.82) is 5.26 Å². The van der Waals surface area contributed by atoms with Crippen LogP contribution in [0.4, 0.5) is 13.2 Å². The molecule has 0 radical (unpaired) electrons. The smallest absolute Gasteiger partial charge is 0.350 e. The number of nitrogens with one attached hydrogen (secondary N) is 3. The number of nitrogens with zero attached hydrogens (tertiary/aromatic N) is 2. The van der Waals surface area contributed by atoms with Crippen LogP contribution < -0.4 is 16.0 Å². The number of hydrogen-bond acceptors (Lipinski definition) is 5. The molecular formula is C27H38F3N5O4. The summed E-state index contributed by atoms with van der Waals surface area (Å²) in [6, 6.07) is -1.40. The van der Waals surface area contributed by atoms with Gasteiger partial charge in [0.15, 0.2) is 0 Å². The van der Waals surface area contributed by atoms with Gasteiger partial charge in [0.2, 0.25) is 17.7 Å². The van der Waals surface area contributed by atoms with E-state index in [1.54, 1.807) is 20.8 Å². The van der Waals surface area contributed by atoms with Crippen molar-refractivity contribution in [3.63, 3.8) is 0 Å². The lowest BCUT2D eigenvalue weighted by atomic mass is 9.72. The van der Waals surface area contributed by atoms with Gasteiger partial charge in [0, 0.05) is 18.0 Å².